The number of imidazole rings is 1. The SMILES string of the molecule is CC(C)c1ccc(C=Nn2cc(-c3ccccc3)nc2SCC(=O)Nc2cc(C(F)(F)F)cc(C(F)(F)F)c2)cc1. The number of thioether (sulfide) groups is 1. The van der Waals surface area contributed by atoms with Crippen LogP contribution in [-0.4, -0.2) is 27.5 Å². The highest BCUT2D eigenvalue weighted by Crippen LogP contribution is 2.37. The van der Waals surface area contributed by atoms with Crippen molar-refractivity contribution in [2.45, 2.75) is 37.3 Å². The summed E-state index contributed by atoms with van der Waals surface area (Å²) < 4.78 is 80.5. The molecule has 1 aromatic heterocycles. The van der Waals surface area contributed by atoms with Crippen LogP contribution in [0.15, 0.2) is 89.3 Å². The van der Waals surface area contributed by atoms with E-state index in [4.69, 9.17) is 0 Å². The fourth-order valence-corrected chi connectivity index (χ4v) is 4.46. The van der Waals surface area contributed by atoms with E-state index in [2.05, 4.69) is 29.2 Å². The van der Waals surface area contributed by atoms with Crippen molar-refractivity contribution in [1.82, 2.24) is 9.66 Å². The zero-order chi connectivity index (χ0) is 29.8. The maximum Gasteiger partial charge on any atom is 0.416 e. The summed E-state index contributed by atoms with van der Waals surface area (Å²) in [5.41, 5.74) is -0.312. The molecule has 5 nitrogen and oxygen atoms in total. The van der Waals surface area contributed by atoms with Crippen molar-refractivity contribution in [3.05, 3.63) is 101 Å². The monoisotopic (exact) mass is 590 g/mol. The second-order valence-electron chi connectivity index (χ2n) is 9.32. The van der Waals surface area contributed by atoms with Gasteiger partial charge in [0, 0.05) is 11.3 Å². The van der Waals surface area contributed by atoms with Crippen molar-refractivity contribution < 1.29 is 31.1 Å². The summed E-state index contributed by atoms with van der Waals surface area (Å²) >= 11 is 0.933. The highest BCUT2D eigenvalue weighted by atomic mass is 32.2. The van der Waals surface area contributed by atoms with Crippen LogP contribution in [-0.2, 0) is 17.1 Å². The lowest BCUT2D eigenvalue weighted by molar-refractivity contribution is -0.143. The molecular weight excluding hydrogens is 566 g/mol. The van der Waals surface area contributed by atoms with E-state index in [0.717, 1.165) is 22.9 Å². The molecule has 0 radical (unpaired) electrons. The van der Waals surface area contributed by atoms with Gasteiger partial charge >= 0.3 is 12.4 Å². The molecule has 12 heteroatoms. The van der Waals surface area contributed by atoms with Gasteiger partial charge in [-0.3, -0.25) is 4.79 Å². The first-order valence-corrected chi connectivity index (χ1v) is 13.3. The highest BCUT2D eigenvalue weighted by molar-refractivity contribution is 7.99. The van der Waals surface area contributed by atoms with Gasteiger partial charge in [-0.1, -0.05) is 80.2 Å². The number of aromatic nitrogens is 2. The number of anilines is 1. The Kier molecular flexibility index (Phi) is 8.91. The van der Waals surface area contributed by atoms with Crippen LogP contribution in [0.25, 0.3) is 11.3 Å². The number of nitrogens with one attached hydrogen (secondary N) is 1. The zero-order valence-electron chi connectivity index (χ0n) is 21.8. The lowest BCUT2D eigenvalue weighted by atomic mass is 10.0. The summed E-state index contributed by atoms with van der Waals surface area (Å²) in [4.78, 5) is 17.1. The summed E-state index contributed by atoms with van der Waals surface area (Å²) in [6, 6.07) is 17.9. The van der Waals surface area contributed by atoms with Crippen LogP contribution in [0, 0.1) is 0 Å². The Morgan fingerprint density at radius 1 is 0.951 bits per heavy atom. The molecular formula is C29H24F6N4OS. The molecule has 1 heterocycles. The van der Waals surface area contributed by atoms with Crippen LogP contribution in [0.4, 0.5) is 32.0 Å². The van der Waals surface area contributed by atoms with Crippen LogP contribution in [0.5, 0.6) is 0 Å². The largest absolute Gasteiger partial charge is 0.416 e. The quantitative estimate of drug-likeness (QED) is 0.128. The van der Waals surface area contributed by atoms with E-state index >= 15 is 0 Å². The Balaban J connectivity index is 1.55. The van der Waals surface area contributed by atoms with Gasteiger partial charge in [0.2, 0.25) is 5.91 Å². The molecule has 0 spiro atoms. The molecule has 0 fully saturated rings. The number of benzene rings is 3. The third kappa shape index (κ3) is 8.00. The number of carbonyl (C=O) groups is 1. The third-order valence-electron chi connectivity index (χ3n) is 5.86. The average Bonchev–Trinajstić information content (AvgIpc) is 3.33. The van der Waals surface area contributed by atoms with E-state index in [1.165, 1.54) is 10.2 Å². The topological polar surface area (TPSA) is 59.3 Å². The first-order valence-electron chi connectivity index (χ1n) is 12.3. The maximum atomic E-state index is 13.2. The molecule has 41 heavy (non-hydrogen) atoms. The summed E-state index contributed by atoms with van der Waals surface area (Å²) in [7, 11) is 0. The third-order valence-corrected chi connectivity index (χ3v) is 6.81. The van der Waals surface area contributed by atoms with Crippen molar-refractivity contribution in [3.8, 4) is 11.3 Å². The normalized spacial score (nSPS) is 12.3. The fraction of sp³-hybridized carbons (Fsp3) is 0.207. The van der Waals surface area contributed by atoms with Crippen molar-refractivity contribution in [3.63, 3.8) is 0 Å². The Hall–Kier alpha value is -4.06. The first-order chi connectivity index (χ1) is 19.3. The molecule has 1 amide bonds. The molecule has 0 saturated heterocycles. The molecule has 0 aliphatic carbocycles. The molecule has 1 N–H and O–H groups in total. The average molecular weight is 591 g/mol. The Morgan fingerprint density at radius 3 is 2.12 bits per heavy atom. The summed E-state index contributed by atoms with van der Waals surface area (Å²) in [6.45, 7) is 4.17. The second kappa shape index (κ2) is 12.2. The van der Waals surface area contributed by atoms with E-state index in [-0.39, 0.29) is 11.8 Å². The van der Waals surface area contributed by atoms with Crippen molar-refractivity contribution in [2.24, 2.45) is 5.10 Å². The van der Waals surface area contributed by atoms with Crippen LogP contribution < -0.4 is 5.32 Å². The smallest absolute Gasteiger partial charge is 0.325 e. The summed E-state index contributed by atoms with van der Waals surface area (Å²) in [5, 5.41) is 6.90. The standard InChI is InChI=1S/C29H24F6N4OS/c1-18(2)20-10-8-19(9-11-20)15-36-39-16-25(21-6-4-3-5-7-21)38-27(39)41-17-26(40)37-24-13-22(28(30,31)32)12-23(14-24)29(33,34)35/h3-16,18H,17H2,1-2H3,(H,37,40). The zero-order valence-corrected chi connectivity index (χ0v) is 22.6. The molecule has 4 aromatic rings. The van der Waals surface area contributed by atoms with Gasteiger partial charge in [0.25, 0.3) is 0 Å². The molecule has 4 rings (SSSR count). The van der Waals surface area contributed by atoms with Crippen LogP contribution in [0.1, 0.15) is 42.0 Å². The highest BCUT2D eigenvalue weighted by Gasteiger charge is 2.37. The fourth-order valence-electron chi connectivity index (χ4n) is 3.73. The van der Waals surface area contributed by atoms with Gasteiger partial charge in [0.1, 0.15) is 0 Å². The molecule has 0 aliphatic heterocycles. The van der Waals surface area contributed by atoms with Gasteiger partial charge in [0.15, 0.2) is 5.16 Å². The molecule has 0 bridgehead atoms. The minimum absolute atomic E-state index is 0.000695. The molecule has 0 atom stereocenters. The predicted octanol–water partition coefficient (Wildman–Crippen LogP) is 8.32. The van der Waals surface area contributed by atoms with E-state index in [0.29, 0.717) is 28.9 Å². The molecule has 214 valence electrons. The number of alkyl halides is 6. The first kappa shape index (κ1) is 29.9. The van der Waals surface area contributed by atoms with E-state index in [1.807, 2.05) is 54.6 Å². The number of hydrogen-bond acceptors (Lipinski definition) is 4. The van der Waals surface area contributed by atoms with Crippen molar-refractivity contribution >= 4 is 29.6 Å². The predicted molar refractivity (Wildman–Crippen MR) is 147 cm³/mol. The van der Waals surface area contributed by atoms with Gasteiger partial charge in [-0.05, 0) is 35.2 Å². The molecule has 0 aliphatic rings. The molecule has 0 saturated carbocycles. The van der Waals surface area contributed by atoms with Gasteiger partial charge in [-0.2, -0.15) is 31.4 Å². The number of hydrogen-bond donors (Lipinski definition) is 1. The Bertz CT molecular complexity index is 1500. The minimum atomic E-state index is -5.03. The molecule has 3 aromatic carbocycles. The van der Waals surface area contributed by atoms with E-state index in [1.54, 1.807) is 12.4 Å². The minimum Gasteiger partial charge on any atom is -0.325 e. The van der Waals surface area contributed by atoms with E-state index in [9.17, 15) is 31.1 Å². The number of rotatable bonds is 8. The van der Waals surface area contributed by atoms with Gasteiger partial charge in [0.05, 0.1) is 35.0 Å². The number of amides is 1. The summed E-state index contributed by atoms with van der Waals surface area (Å²) in [5.74, 6) is -0.790. The number of halogens is 6. The molecule has 0 unspecified atom stereocenters. The Labute approximate surface area is 236 Å². The van der Waals surface area contributed by atoms with Crippen molar-refractivity contribution in [1.29, 1.82) is 0 Å². The van der Waals surface area contributed by atoms with Crippen LogP contribution >= 0.6 is 11.8 Å². The summed E-state index contributed by atoms with van der Waals surface area (Å²) in [6.07, 6.45) is -6.77. The Morgan fingerprint density at radius 2 is 1.56 bits per heavy atom. The van der Waals surface area contributed by atoms with Gasteiger partial charge in [-0.25, -0.2) is 9.66 Å². The number of carbonyl (C=O) groups excluding carboxylic acids is 1. The van der Waals surface area contributed by atoms with Gasteiger partial charge < -0.3 is 5.32 Å². The number of nitrogens with zero attached hydrogens (tertiary/aromatic N) is 3. The van der Waals surface area contributed by atoms with Gasteiger partial charge in [-0.15, -0.1) is 0 Å². The van der Waals surface area contributed by atoms with Crippen molar-refractivity contribution in [2.75, 3.05) is 11.1 Å². The maximum absolute atomic E-state index is 13.2. The van der Waals surface area contributed by atoms with Crippen LogP contribution in [0.2, 0.25) is 0 Å². The second-order valence-corrected chi connectivity index (χ2v) is 10.3. The lowest BCUT2D eigenvalue weighted by Crippen LogP contribution is -2.17. The van der Waals surface area contributed by atoms with Crippen LogP contribution in [0.3, 0.4) is 0 Å². The lowest BCUT2D eigenvalue weighted by Gasteiger charge is -2.14. The van der Waals surface area contributed by atoms with E-state index < -0.39 is 35.1 Å².